The fourth-order valence-corrected chi connectivity index (χ4v) is 3.90. The lowest BCUT2D eigenvalue weighted by Crippen LogP contribution is -2.05. The molecule has 0 amide bonds. The maximum absolute atomic E-state index is 13.0. The van der Waals surface area contributed by atoms with Gasteiger partial charge in [-0.1, -0.05) is 91.0 Å². The van der Waals surface area contributed by atoms with E-state index in [1.807, 2.05) is 102 Å². The molecule has 3 aromatic carbocycles. The van der Waals surface area contributed by atoms with Gasteiger partial charge >= 0.3 is 5.97 Å². The molecule has 0 spiro atoms. The van der Waals surface area contributed by atoms with E-state index in [4.69, 9.17) is 9.15 Å². The summed E-state index contributed by atoms with van der Waals surface area (Å²) in [5.41, 5.74) is 5.49. The molecule has 0 aliphatic heterocycles. The fourth-order valence-electron chi connectivity index (χ4n) is 3.90. The molecule has 0 saturated carbocycles. The monoisotopic (exact) mass is 407 g/mol. The van der Waals surface area contributed by atoms with Crippen LogP contribution in [0.4, 0.5) is 0 Å². The number of carbonyl (C=O) groups excluding carboxylic acids is 1. The van der Waals surface area contributed by atoms with Crippen molar-refractivity contribution in [2.24, 2.45) is 0 Å². The number of oxazole rings is 1. The largest absolute Gasteiger partial charge is 0.462 e. The van der Waals surface area contributed by atoms with Crippen LogP contribution in [0.1, 0.15) is 17.3 Å². The summed E-state index contributed by atoms with van der Waals surface area (Å²) >= 11 is 0. The average Bonchev–Trinajstić information content (AvgIpc) is 3.37. The third-order valence-electron chi connectivity index (χ3n) is 5.26. The van der Waals surface area contributed by atoms with Crippen molar-refractivity contribution >= 4 is 11.7 Å². The molecule has 0 aliphatic carbocycles. The Bertz CT molecular complexity index is 1330. The van der Waals surface area contributed by atoms with Crippen molar-refractivity contribution in [1.82, 2.24) is 4.40 Å². The van der Waals surface area contributed by atoms with Gasteiger partial charge in [0.1, 0.15) is 5.56 Å². The van der Waals surface area contributed by atoms with Crippen molar-refractivity contribution in [3.63, 3.8) is 0 Å². The number of fused-ring (bicyclic) bond motifs is 1. The summed E-state index contributed by atoms with van der Waals surface area (Å²) in [6.45, 7) is 2.10. The second-order valence-electron chi connectivity index (χ2n) is 7.19. The van der Waals surface area contributed by atoms with Crippen LogP contribution in [0.25, 0.3) is 39.4 Å². The Kier molecular flexibility index (Phi) is 4.89. The van der Waals surface area contributed by atoms with Crippen LogP contribution >= 0.6 is 0 Å². The fraction of sp³-hybridized carbons (Fsp3) is 0.0741. The topological polar surface area (TPSA) is 43.9 Å². The smallest absolute Gasteiger partial charge is 0.344 e. The third-order valence-corrected chi connectivity index (χ3v) is 5.26. The van der Waals surface area contributed by atoms with E-state index in [2.05, 4.69) is 0 Å². The van der Waals surface area contributed by atoms with Crippen LogP contribution in [-0.4, -0.2) is 17.0 Å². The molecule has 4 heteroatoms. The van der Waals surface area contributed by atoms with E-state index in [-0.39, 0.29) is 0 Å². The van der Waals surface area contributed by atoms with Gasteiger partial charge in [-0.05, 0) is 12.5 Å². The van der Waals surface area contributed by atoms with Crippen LogP contribution in [0, 0.1) is 0 Å². The summed E-state index contributed by atoms with van der Waals surface area (Å²) < 4.78 is 13.8. The van der Waals surface area contributed by atoms with Crippen molar-refractivity contribution in [3.8, 4) is 33.7 Å². The highest BCUT2D eigenvalue weighted by atomic mass is 16.5. The van der Waals surface area contributed by atoms with Crippen molar-refractivity contribution < 1.29 is 13.9 Å². The Morgan fingerprint density at radius 3 is 1.94 bits per heavy atom. The SMILES string of the molecule is CCOC(=O)c1c(-c2ccccc2)cn2c(-c3ccccc3)c(-c3ccccc3)oc12. The second-order valence-corrected chi connectivity index (χ2v) is 7.19. The third kappa shape index (κ3) is 3.32. The number of ether oxygens (including phenoxy) is 1. The van der Waals surface area contributed by atoms with E-state index < -0.39 is 5.97 Å². The molecule has 5 rings (SSSR count). The number of carbonyl (C=O) groups is 1. The standard InChI is InChI=1S/C27H21NO3/c1-2-30-27(29)23-22(19-12-6-3-7-13-19)18-28-24(20-14-8-4-9-15-20)25(31-26(23)28)21-16-10-5-11-17-21/h3-18H,2H2,1H3. The molecule has 0 radical (unpaired) electrons. The highest BCUT2D eigenvalue weighted by Crippen LogP contribution is 2.40. The Hall–Kier alpha value is -4.05. The number of nitrogens with zero attached hydrogens (tertiary/aromatic N) is 1. The Balaban J connectivity index is 1.85. The van der Waals surface area contributed by atoms with Crippen LogP contribution in [-0.2, 0) is 4.74 Å². The van der Waals surface area contributed by atoms with Gasteiger partial charge in [-0.25, -0.2) is 4.79 Å². The van der Waals surface area contributed by atoms with Crippen LogP contribution in [0.5, 0.6) is 0 Å². The summed E-state index contributed by atoms with van der Waals surface area (Å²) in [6, 6.07) is 29.8. The highest BCUT2D eigenvalue weighted by molar-refractivity contribution is 6.04. The van der Waals surface area contributed by atoms with Crippen molar-refractivity contribution in [3.05, 3.63) is 103 Å². The Morgan fingerprint density at radius 2 is 1.35 bits per heavy atom. The molecule has 0 N–H and O–H groups in total. The van der Waals surface area contributed by atoms with Gasteiger partial charge in [-0.2, -0.15) is 0 Å². The predicted octanol–water partition coefficient (Wildman–Crippen LogP) is 6.71. The molecular formula is C27H21NO3. The van der Waals surface area contributed by atoms with Gasteiger partial charge in [0.2, 0.25) is 5.71 Å². The van der Waals surface area contributed by atoms with Gasteiger partial charge in [-0.15, -0.1) is 0 Å². The first-order valence-electron chi connectivity index (χ1n) is 10.3. The van der Waals surface area contributed by atoms with E-state index in [9.17, 15) is 4.79 Å². The Morgan fingerprint density at radius 1 is 0.806 bits per heavy atom. The summed E-state index contributed by atoms with van der Waals surface area (Å²) in [5, 5.41) is 0. The lowest BCUT2D eigenvalue weighted by atomic mass is 10.0. The van der Waals surface area contributed by atoms with Gasteiger partial charge in [-0.3, -0.25) is 4.40 Å². The van der Waals surface area contributed by atoms with Gasteiger partial charge < -0.3 is 9.15 Å². The highest BCUT2D eigenvalue weighted by Gasteiger charge is 2.28. The van der Waals surface area contributed by atoms with Crippen LogP contribution in [0.15, 0.2) is 102 Å². The first-order valence-corrected chi connectivity index (χ1v) is 10.3. The molecule has 0 saturated heterocycles. The molecule has 2 aromatic heterocycles. The van der Waals surface area contributed by atoms with Crippen LogP contribution < -0.4 is 0 Å². The van der Waals surface area contributed by atoms with E-state index >= 15 is 0 Å². The number of esters is 1. The van der Waals surface area contributed by atoms with Crippen molar-refractivity contribution in [2.75, 3.05) is 6.61 Å². The van der Waals surface area contributed by atoms with Gasteiger partial charge in [0.25, 0.3) is 0 Å². The average molecular weight is 407 g/mol. The van der Waals surface area contributed by atoms with E-state index in [0.717, 1.165) is 27.9 Å². The first kappa shape index (κ1) is 18.9. The zero-order valence-electron chi connectivity index (χ0n) is 17.1. The quantitative estimate of drug-likeness (QED) is 0.304. The lowest BCUT2D eigenvalue weighted by Gasteiger charge is -2.05. The van der Waals surface area contributed by atoms with Gasteiger partial charge in [0.15, 0.2) is 5.76 Å². The minimum Gasteiger partial charge on any atom is -0.462 e. The van der Waals surface area contributed by atoms with Gasteiger partial charge in [0, 0.05) is 22.9 Å². The lowest BCUT2D eigenvalue weighted by molar-refractivity contribution is 0.0528. The van der Waals surface area contributed by atoms with Crippen LogP contribution in [0.3, 0.4) is 0 Å². The summed E-state index contributed by atoms with van der Waals surface area (Å²) in [7, 11) is 0. The molecule has 2 heterocycles. The van der Waals surface area contributed by atoms with E-state index in [1.54, 1.807) is 6.92 Å². The zero-order chi connectivity index (χ0) is 21.2. The molecule has 0 bridgehead atoms. The number of hydrogen-bond donors (Lipinski definition) is 0. The molecule has 4 nitrogen and oxygen atoms in total. The maximum atomic E-state index is 13.0. The van der Waals surface area contributed by atoms with Crippen molar-refractivity contribution in [1.29, 1.82) is 0 Å². The minimum atomic E-state index is -0.392. The number of rotatable bonds is 5. The molecule has 0 aliphatic rings. The van der Waals surface area contributed by atoms with E-state index in [0.29, 0.717) is 23.6 Å². The van der Waals surface area contributed by atoms with Crippen molar-refractivity contribution in [2.45, 2.75) is 6.92 Å². The summed E-state index contributed by atoms with van der Waals surface area (Å²) in [4.78, 5) is 13.0. The summed E-state index contributed by atoms with van der Waals surface area (Å²) in [6.07, 6.45) is 1.97. The molecule has 31 heavy (non-hydrogen) atoms. The zero-order valence-corrected chi connectivity index (χ0v) is 17.1. The molecular weight excluding hydrogens is 386 g/mol. The van der Waals surface area contributed by atoms with Gasteiger partial charge in [0.05, 0.1) is 12.3 Å². The molecule has 0 fully saturated rings. The molecule has 0 atom stereocenters. The first-order chi connectivity index (χ1) is 15.3. The van der Waals surface area contributed by atoms with E-state index in [1.165, 1.54) is 0 Å². The molecule has 0 unspecified atom stereocenters. The molecule has 5 aromatic rings. The normalized spacial score (nSPS) is 11.0. The number of hydrogen-bond acceptors (Lipinski definition) is 3. The predicted molar refractivity (Wildman–Crippen MR) is 122 cm³/mol. The maximum Gasteiger partial charge on any atom is 0.344 e. The molecule has 152 valence electrons. The Labute approximate surface area is 180 Å². The van der Waals surface area contributed by atoms with Crippen LogP contribution in [0.2, 0.25) is 0 Å². The summed E-state index contributed by atoms with van der Waals surface area (Å²) in [5.74, 6) is 0.323. The minimum absolute atomic E-state index is 0.294. The number of benzene rings is 3. The second kappa shape index (κ2) is 8.00. The number of aromatic nitrogens is 1.